The number of nitrogens with two attached hydrogens (primary N) is 1. The third-order valence-electron chi connectivity index (χ3n) is 1.65. The minimum Gasteiger partial charge on any atom is -0.328 e. The Bertz CT molecular complexity index is 72.9. The Labute approximate surface area is 70.8 Å². The van der Waals surface area contributed by atoms with Gasteiger partial charge in [0.15, 0.2) is 0 Å². The number of nitrogens with zero attached hydrogens (tertiary/aromatic N) is 1. The molecule has 1 aliphatic carbocycles. The number of hydrogen-bond donors (Lipinski definition) is 1. The van der Waals surface area contributed by atoms with E-state index >= 15 is 0 Å². The molecule has 0 heterocycles. The van der Waals surface area contributed by atoms with E-state index in [0.717, 1.165) is 0 Å². The quantitative estimate of drug-likeness (QED) is 0.578. The molecule has 1 aliphatic rings. The molecule has 0 aromatic heterocycles. The van der Waals surface area contributed by atoms with E-state index in [4.69, 9.17) is 5.73 Å². The summed E-state index contributed by atoms with van der Waals surface area (Å²) in [6.07, 6.45) is 6.66. The van der Waals surface area contributed by atoms with Crippen molar-refractivity contribution >= 4 is 0 Å². The van der Waals surface area contributed by atoms with Crippen molar-refractivity contribution in [1.29, 1.82) is 0 Å². The van der Waals surface area contributed by atoms with Crippen molar-refractivity contribution < 1.29 is 0 Å². The third kappa shape index (κ3) is 9.92. The summed E-state index contributed by atoms with van der Waals surface area (Å²) in [6.45, 7) is 0. The summed E-state index contributed by atoms with van der Waals surface area (Å²) in [6, 6.07) is 0.536. The highest BCUT2D eigenvalue weighted by molar-refractivity contribution is 4.66. The molecule has 2 heteroatoms. The second-order valence-corrected chi connectivity index (χ2v) is 3.74. The summed E-state index contributed by atoms with van der Waals surface area (Å²) in [5, 5.41) is 0. The molecule has 0 aromatic carbocycles. The fourth-order valence-corrected chi connectivity index (χ4v) is 1.13. The molecular formula is C9H22N2. The SMILES string of the molecule is CN(C)C.NC1CCCCC1. The molecule has 1 saturated carbocycles. The molecule has 0 aliphatic heterocycles. The standard InChI is InChI=1S/C6H13N.C3H9N/c7-6-4-2-1-3-5-6;1-4(2)3/h6H,1-5,7H2;1-3H3. The molecule has 0 aromatic rings. The second kappa shape index (κ2) is 6.62. The van der Waals surface area contributed by atoms with Gasteiger partial charge in [0.25, 0.3) is 0 Å². The third-order valence-corrected chi connectivity index (χ3v) is 1.65. The second-order valence-electron chi connectivity index (χ2n) is 3.74. The molecule has 0 spiro atoms. The predicted molar refractivity (Wildman–Crippen MR) is 50.7 cm³/mol. The molecular weight excluding hydrogens is 136 g/mol. The van der Waals surface area contributed by atoms with E-state index in [1.807, 2.05) is 26.0 Å². The zero-order valence-corrected chi connectivity index (χ0v) is 8.14. The van der Waals surface area contributed by atoms with Gasteiger partial charge in [0.1, 0.15) is 0 Å². The molecule has 1 fully saturated rings. The first-order chi connectivity index (χ1) is 5.13. The Balaban J connectivity index is 0.000000218. The van der Waals surface area contributed by atoms with Crippen LogP contribution in [0, 0.1) is 0 Å². The maximum Gasteiger partial charge on any atom is 0.00388 e. The van der Waals surface area contributed by atoms with Crippen molar-refractivity contribution in [3.05, 3.63) is 0 Å². The highest BCUT2D eigenvalue weighted by Gasteiger charge is 2.06. The molecule has 0 radical (unpaired) electrons. The van der Waals surface area contributed by atoms with Gasteiger partial charge in [0, 0.05) is 6.04 Å². The van der Waals surface area contributed by atoms with Crippen LogP contribution in [0.4, 0.5) is 0 Å². The first kappa shape index (κ1) is 10.9. The molecule has 1 rings (SSSR count). The lowest BCUT2D eigenvalue weighted by molar-refractivity contribution is 0.441. The Morgan fingerprint density at radius 3 is 1.55 bits per heavy atom. The highest BCUT2D eigenvalue weighted by atomic mass is 15.0. The van der Waals surface area contributed by atoms with Gasteiger partial charge >= 0.3 is 0 Å². The molecule has 0 unspecified atom stereocenters. The summed E-state index contributed by atoms with van der Waals surface area (Å²) in [4.78, 5) is 2.00. The first-order valence-electron chi connectivity index (χ1n) is 4.49. The Morgan fingerprint density at radius 1 is 1.00 bits per heavy atom. The molecule has 0 amide bonds. The van der Waals surface area contributed by atoms with Crippen LogP contribution in [0.25, 0.3) is 0 Å². The van der Waals surface area contributed by atoms with Gasteiger partial charge in [-0.3, -0.25) is 0 Å². The van der Waals surface area contributed by atoms with E-state index in [1.165, 1.54) is 32.1 Å². The van der Waals surface area contributed by atoms with Gasteiger partial charge < -0.3 is 10.6 Å². The zero-order valence-electron chi connectivity index (χ0n) is 8.14. The summed E-state index contributed by atoms with van der Waals surface area (Å²) >= 11 is 0. The lowest BCUT2D eigenvalue weighted by atomic mass is 9.97. The Morgan fingerprint density at radius 2 is 1.36 bits per heavy atom. The molecule has 2 N–H and O–H groups in total. The maximum atomic E-state index is 5.63. The van der Waals surface area contributed by atoms with Crippen LogP contribution < -0.4 is 5.73 Å². The van der Waals surface area contributed by atoms with Gasteiger partial charge in [-0.15, -0.1) is 0 Å². The van der Waals surface area contributed by atoms with E-state index in [1.54, 1.807) is 0 Å². The van der Waals surface area contributed by atoms with Crippen molar-refractivity contribution in [3.8, 4) is 0 Å². The monoisotopic (exact) mass is 158 g/mol. The van der Waals surface area contributed by atoms with Crippen LogP contribution >= 0.6 is 0 Å². The number of rotatable bonds is 0. The minimum absolute atomic E-state index is 0.536. The highest BCUT2D eigenvalue weighted by Crippen LogP contribution is 2.14. The van der Waals surface area contributed by atoms with E-state index in [0.29, 0.717) is 6.04 Å². The topological polar surface area (TPSA) is 29.3 Å². The van der Waals surface area contributed by atoms with Crippen molar-refractivity contribution in [2.45, 2.75) is 38.1 Å². The largest absolute Gasteiger partial charge is 0.328 e. The Kier molecular flexibility index (Phi) is 6.57. The van der Waals surface area contributed by atoms with Crippen LogP contribution in [-0.4, -0.2) is 32.1 Å². The summed E-state index contributed by atoms with van der Waals surface area (Å²) in [5.41, 5.74) is 5.63. The van der Waals surface area contributed by atoms with Gasteiger partial charge in [-0.05, 0) is 34.0 Å². The van der Waals surface area contributed by atoms with Crippen molar-refractivity contribution in [2.75, 3.05) is 21.1 Å². The van der Waals surface area contributed by atoms with Crippen molar-refractivity contribution in [2.24, 2.45) is 5.73 Å². The fraction of sp³-hybridized carbons (Fsp3) is 1.00. The van der Waals surface area contributed by atoms with Gasteiger partial charge in [-0.25, -0.2) is 0 Å². The molecule has 2 nitrogen and oxygen atoms in total. The molecule has 0 bridgehead atoms. The molecule has 0 atom stereocenters. The average Bonchev–Trinajstić information content (AvgIpc) is 1.87. The molecule has 68 valence electrons. The average molecular weight is 158 g/mol. The molecule has 11 heavy (non-hydrogen) atoms. The zero-order chi connectivity index (χ0) is 8.69. The van der Waals surface area contributed by atoms with Crippen LogP contribution in [-0.2, 0) is 0 Å². The summed E-state index contributed by atoms with van der Waals surface area (Å²) in [5.74, 6) is 0. The van der Waals surface area contributed by atoms with E-state index < -0.39 is 0 Å². The van der Waals surface area contributed by atoms with E-state index in [9.17, 15) is 0 Å². The van der Waals surface area contributed by atoms with Crippen molar-refractivity contribution in [1.82, 2.24) is 4.90 Å². The Hall–Kier alpha value is -0.0800. The van der Waals surface area contributed by atoms with E-state index in [-0.39, 0.29) is 0 Å². The summed E-state index contributed by atoms with van der Waals surface area (Å²) < 4.78 is 0. The fourth-order valence-electron chi connectivity index (χ4n) is 1.13. The lowest BCUT2D eigenvalue weighted by Crippen LogP contribution is -2.22. The minimum atomic E-state index is 0.536. The van der Waals surface area contributed by atoms with Gasteiger partial charge in [0.2, 0.25) is 0 Å². The van der Waals surface area contributed by atoms with Crippen LogP contribution in [0.1, 0.15) is 32.1 Å². The predicted octanol–water partition coefficient (Wildman–Crippen LogP) is 1.46. The number of hydrogen-bond acceptors (Lipinski definition) is 2. The van der Waals surface area contributed by atoms with Crippen molar-refractivity contribution in [3.63, 3.8) is 0 Å². The van der Waals surface area contributed by atoms with Gasteiger partial charge in [0.05, 0.1) is 0 Å². The van der Waals surface area contributed by atoms with E-state index in [2.05, 4.69) is 0 Å². The van der Waals surface area contributed by atoms with Crippen LogP contribution in [0.2, 0.25) is 0 Å². The van der Waals surface area contributed by atoms with Crippen LogP contribution in [0.15, 0.2) is 0 Å². The van der Waals surface area contributed by atoms with Gasteiger partial charge in [-0.2, -0.15) is 0 Å². The lowest BCUT2D eigenvalue weighted by Gasteiger charge is -2.15. The maximum absolute atomic E-state index is 5.63. The molecule has 0 saturated heterocycles. The van der Waals surface area contributed by atoms with Crippen LogP contribution in [0.3, 0.4) is 0 Å². The van der Waals surface area contributed by atoms with Gasteiger partial charge in [-0.1, -0.05) is 19.3 Å². The summed E-state index contributed by atoms with van der Waals surface area (Å²) in [7, 11) is 6.00. The first-order valence-corrected chi connectivity index (χ1v) is 4.49. The van der Waals surface area contributed by atoms with Crippen LogP contribution in [0.5, 0.6) is 0 Å². The normalized spacial score (nSPS) is 19.4. The smallest absolute Gasteiger partial charge is 0.00388 e.